The van der Waals surface area contributed by atoms with Crippen molar-refractivity contribution in [2.24, 2.45) is 0 Å². The molecule has 170 valence electrons. The number of amides is 2. The molecule has 0 aliphatic carbocycles. The minimum Gasteiger partial charge on any atom is -0.359 e. The molecule has 0 unspecified atom stereocenters. The molecular formula is C20H19ClF4N6O. The summed E-state index contributed by atoms with van der Waals surface area (Å²) in [6.07, 6.45) is -1.36. The summed E-state index contributed by atoms with van der Waals surface area (Å²) >= 11 is 6.00. The zero-order valence-corrected chi connectivity index (χ0v) is 17.4. The topological polar surface area (TPSA) is 76.3 Å². The number of nitrogens with one attached hydrogen (secondary N) is 3. The average molecular weight is 471 g/mol. The smallest absolute Gasteiger partial charge is 0.359 e. The Kier molecular flexibility index (Phi) is 6.11. The Morgan fingerprint density at radius 2 is 1.91 bits per heavy atom. The number of carbonyl (C=O) groups is 1. The van der Waals surface area contributed by atoms with E-state index in [0.29, 0.717) is 10.7 Å². The fourth-order valence-electron chi connectivity index (χ4n) is 3.58. The van der Waals surface area contributed by atoms with Gasteiger partial charge in [-0.25, -0.2) is 14.2 Å². The molecule has 32 heavy (non-hydrogen) atoms. The molecule has 1 saturated heterocycles. The van der Waals surface area contributed by atoms with E-state index < -0.39 is 24.6 Å². The van der Waals surface area contributed by atoms with Crippen molar-refractivity contribution in [3.63, 3.8) is 0 Å². The van der Waals surface area contributed by atoms with Crippen LogP contribution >= 0.6 is 11.6 Å². The van der Waals surface area contributed by atoms with Gasteiger partial charge >= 0.3 is 12.2 Å². The number of hydrogen-bond donors (Lipinski definition) is 3. The van der Waals surface area contributed by atoms with Crippen LogP contribution in [0.2, 0.25) is 5.02 Å². The first-order chi connectivity index (χ1) is 15.2. The Morgan fingerprint density at radius 3 is 2.59 bits per heavy atom. The molecule has 0 spiro atoms. The Bertz CT molecular complexity index is 1130. The molecule has 2 amide bonds. The Balaban J connectivity index is 1.37. The lowest BCUT2D eigenvalue weighted by Gasteiger charge is -2.35. The molecule has 3 aromatic rings. The number of nitrogens with zero attached hydrogens (tertiary/aromatic N) is 3. The molecular weight excluding hydrogens is 452 g/mol. The average Bonchev–Trinajstić information content (AvgIpc) is 3.09. The first-order valence-corrected chi connectivity index (χ1v) is 10.1. The number of rotatable bonds is 4. The predicted molar refractivity (Wildman–Crippen MR) is 115 cm³/mol. The zero-order valence-electron chi connectivity index (χ0n) is 16.6. The maximum Gasteiger partial charge on any atom is 0.401 e. The summed E-state index contributed by atoms with van der Waals surface area (Å²) in [4.78, 5) is 22.3. The molecule has 0 atom stereocenters. The third kappa shape index (κ3) is 5.22. The van der Waals surface area contributed by atoms with Crippen molar-refractivity contribution in [1.82, 2.24) is 14.9 Å². The van der Waals surface area contributed by atoms with Gasteiger partial charge < -0.3 is 20.5 Å². The number of benzene rings is 1. The molecule has 3 N–H and O–H groups in total. The fourth-order valence-corrected chi connectivity index (χ4v) is 3.76. The highest BCUT2D eigenvalue weighted by Gasteiger charge is 2.32. The van der Waals surface area contributed by atoms with E-state index in [1.54, 1.807) is 29.3 Å². The van der Waals surface area contributed by atoms with Crippen LogP contribution in [0.3, 0.4) is 0 Å². The lowest BCUT2D eigenvalue weighted by atomic mass is 10.2. The van der Waals surface area contributed by atoms with Gasteiger partial charge in [0.1, 0.15) is 0 Å². The molecule has 7 nitrogen and oxygen atoms in total. The summed E-state index contributed by atoms with van der Waals surface area (Å²) in [6.45, 7) is -0.251. The summed E-state index contributed by atoms with van der Waals surface area (Å²) in [6, 6.07) is 5.72. The van der Waals surface area contributed by atoms with Crippen LogP contribution in [0.5, 0.6) is 0 Å². The minimum absolute atomic E-state index is 0.0360. The molecule has 1 fully saturated rings. The normalized spacial score (nSPS) is 15.2. The second kappa shape index (κ2) is 8.83. The SMILES string of the molecule is O=C(Nc1cnc(N2CCN(CC(F)(F)F)CC2)c(F)c1)Nc1c[nH]c2ccc(Cl)cc12. The highest BCUT2D eigenvalue weighted by Crippen LogP contribution is 2.27. The van der Waals surface area contributed by atoms with Gasteiger partial charge in [-0.05, 0) is 18.2 Å². The molecule has 2 aromatic heterocycles. The third-order valence-electron chi connectivity index (χ3n) is 5.05. The van der Waals surface area contributed by atoms with Gasteiger partial charge in [0.25, 0.3) is 0 Å². The molecule has 0 saturated carbocycles. The molecule has 1 aromatic carbocycles. The van der Waals surface area contributed by atoms with E-state index in [2.05, 4.69) is 20.6 Å². The zero-order chi connectivity index (χ0) is 22.9. The van der Waals surface area contributed by atoms with Crippen LogP contribution in [0.15, 0.2) is 36.7 Å². The second-order valence-electron chi connectivity index (χ2n) is 7.38. The highest BCUT2D eigenvalue weighted by molar-refractivity contribution is 6.31. The van der Waals surface area contributed by atoms with Crippen LogP contribution in [0.25, 0.3) is 10.9 Å². The van der Waals surface area contributed by atoms with Crippen molar-refractivity contribution < 1.29 is 22.4 Å². The van der Waals surface area contributed by atoms with Crippen LogP contribution in [0.1, 0.15) is 0 Å². The monoisotopic (exact) mass is 470 g/mol. The number of hydrogen-bond acceptors (Lipinski definition) is 4. The van der Waals surface area contributed by atoms with Crippen LogP contribution in [0.4, 0.5) is 39.5 Å². The van der Waals surface area contributed by atoms with E-state index in [1.807, 2.05) is 0 Å². The summed E-state index contributed by atoms with van der Waals surface area (Å²) in [7, 11) is 0. The quantitative estimate of drug-likeness (QED) is 0.484. The van der Waals surface area contributed by atoms with Gasteiger partial charge in [-0.1, -0.05) is 11.6 Å². The van der Waals surface area contributed by atoms with Crippen LogP contribution in [-0.2, 0) is 0 Å². The minimum atomic E-state index is -4.27. The van der Waals surface area contributed by atoms with E-state index in [-0.39, 0.29) is 37.7 Å². The van der Waals surface area contributed by atoms with Gasteiger partial charge in [0, 0.05) is 54.4 Å². The van der Waals surface area contributed by atoms with E-state index in [1.165, 1.54) is 11.1 Å². The third-order valence-corrected chi connectivity index (χ3v) is 5.28. The number of aromatic nitrogens is 2. The second-order valence-corrected chi connectivity index (χ2v) is 7.82. The van der Waals surface area contributed by atoms with E-state index in [4.69, 9.17) is 11.6 Å². The van der Waals surface area contributed by atoms with Crippen molar-refractivity contribution >= 4 is 45.7 Å². The number of H-pyrrole nitrogens is 1. The van der Waals surface area contributed by atoms with Gasteiger partial charge in [-0.3, -0.25) is 4.90 Å². The van der Waals surface area contributed by atoms with Crippen LogP contribution in [-0.4, -0.2) is 59.8 Å². The van der Waals surface area contributed by atoms with Crippen molar-refractivity contribution in [1.29, 1.82) is 0 Å². The van der Waals surface area contributed by atoms with Gasteiger partial charge in [-0.2, -0.15) is 13.2 Å². The standard InChI is InChI=1S/C20H19ClF4N6O/c21-12-1-2-16-14(7-12)17(10-26-16)29-19(32)28-13-8-15(22)18(27-9-13)31-5-3-30(4-6-31)11-20(23,24)25/h1-2,7-10,26H,3-6,11H2,(H2,28,29,32). The Hall–Kier alpha value is -3.05. The van der Waals surface area contributed by atoms with E-state index in [0.717, 1.165) is 17.0 Å². The predicted octanol–water partition coefficient (Wildman–Crippen LogP) is 4.68. The molecule has 1 aliphatic rings. The maximum atomic E-state index is 14.6. The van der Waals surface area contributed by atoms with Crippen LogP contribution < -0.4 is 15.5 Å². The highest BCUT2D eigenvalue weighted by atomic mass is 35.5. The molecule has 3 heterocycles. The van der Waals surface area contributed by atoms with Gasteiger partial charge in [-0.15, -0.1) is 0 Å². The first-order valence-electron chi connectivity index (χ1n) is 9.72. The number of halogens is 5. The summed E-state index contributed by atoms with van der Waals surface area (Å²) in [5.41, 5.74) is 1.43. The number of fused-ring (bicyclic) bond motifs is 1. The number of pyridine rings is 1. The molecule has 12 heteroatoms. The van der Waals surface area contributed by atoms with Crippen LogP contribution in [0, 0.1) is 5.82 Å². The largest absolute Gasteiger partial charge is 0.401 e. The lowest BCUT2D eigenvalue weighted by Crippen LogP contribution is -2.49. The number of anilines is 3. The van der Waals surface area contributed by atoms with Crippen molar-refractivity contribution in [2.75, 3.05) is 48.3 Å². The van der Waals surface area contributed by atoms with Crippen molar-refractivity contribution in [3.05, 3.63) is 47.5 Å². The maximum absolute atomic E-state index is 14.6. The number of alkyl halides is 3. The van der Waals surface area contributed by atoms with Gasteiger partial charge in [0.05, 0.1) is 24.1 Å². The van der Waals surface area contributed by atoms with Gasteiger partial charge in [0.15, 0.2) is 11.6 Å². The van der Waals surface area contributed by atoms with E-state index in [9.17, 15) is 22.4 Å². The molecule has 4 rings (SSSR count). The number of piperazine rings is 1. The van der Waals surface area contributed by atoms with Gasteiger partial charge in [0.2, 0.25) is 0 Å². The fraction of sp³-hybridized carbons (Fsp3) is 0.300. The molecule has 0 bridgehead atoms. The number of aromatic amines is 1. The summed E-state index contributed by atoms with van der Waals surface area (Å²) < 4.78 is 52.1. The lowest BCUT2D eigenvalue weighted by molar-refractivity contribution is -0.146. The van der Waals surface area contributed by atoms with Crippen molar-refractivity contribution in [3.8, 4) is 0 Å². The Morgan fingerprint density at radius 1 is 1.16 bits per heavy atom. The number of carbonyl (C=O) groups excluding carboxylic acids is 1. The first kappa shape index (κ1) is 22.2. The number of urea groups is 1. The molecule has 1 aliphatic heterocycles. The Labute approximate surface area is 185 Å². The van der Waals surface area contributed by atoms with E-state index >= 15 is 0 Å². The summed E-state index contributed by atoms with van der Waals surface area (Å²) in [5.74, 6) is -0.639. The molecule has 0 radical (unpaired) electrons. The summed E-state index contributed by atoms with van der Waals surface area (Å²) in [5, 5.41) is 6.41. The van der Waals surface area contributed by atoms with Crippen molar-refractivity contribution in [2.45, 2.75) is 6.18 Å².